The first-order valence-corrected chi connectivity index (χ1v) is 7.53. The molecule has 0 saturated heterocycles. The summed E-state index contributed by atoms with van der Waals surface area (Å²) in [5, 5.41) is 12.8. The first kappa shape index (κ1) is 14.6. The second kappa shape index (κ2) is 5.83. The molecule has 7 heteroatoms. The van der Waals surface area contributed by atoms with E-state index in [1.54, 1.807) is 12.4 Å². The Bertz CT molecular complexity index is 658. The number of ether oxygens (including phenoxy) is 1. The summed E-state index contributed by atoms with van der Waals surface area (Å²) >= 11 is 12.3. The van der Waals surface area contributed by atoms with Crippen molar-refractivity contribution in [2.75, 3.05) is 6.61 Å². The molecule has 1 aliphatic heterocycles. The summed E-state index contributed by atoms with van der Waals surface area (Å²) in [5.74, 6) is 1.60. The van der Waals surface area contributed by atoms with Crippen LogP contribution in [-0.4, -0.2) is 21.4 Å². The predicted octanol–water partition coefficient (Wildman–Crippen LogP) is 3.30. The van der Waals surface area contributed by atoms with Gasteiger partial charge in [0, 0.05) is 30.1 Å². The Hall–Kier alpha value is -1.30. The Kier molecular flexibility index (Phi) is 4.06. The number of rotatable bonds is 3. The standard InChI is InChI=1S/C14H16Cl2N4O/c1-8(14-19-17-7-20(14)2)18-12-3-4-21-13-10(12)5-9(15)6-11(13)16/h5-8,12,18H,3-4H2,1-2H3. The van der Waals surface area contributed by atoms with E-state index in [1.165, 1.54) is 0 Å². The summed E-state index contributed by atoms with van der Waals surface area (Å²) in [5.41, 5.74) is 0.993. The first-order valence-electron chi connectivity index (χ1n) is 6.78. The van der Waals surface area contributed by atoms with Crippen LogP contribution in [0.2, 0.25) is 10.0 Å². The van der Waals surface area contributed by atoms with Gasteiger partial charge < -0.3 is 14.6 Å². The topological polar surface area (TPSA) is 52.0 Å². The maximum absolute atomic E-state index is 6.21. The Morgan fingerprint density at radius 2 is 2.24 bits per heavy atom. The highest BCUT2D eigenvalue weighted by Crippen LogP contribution is 2.40. The van der Waals surface area contributed by atoms with Crippen molar-refractivity contribution in [1.29, 1.82) is 0 Å². The van der Waals surface area contributed by atoms with Crippen LogP contribution in [-0.2, 0) is 7.05 Å². The molecular formula is C14H16Cl2N4O. The molecule has 5 nitrogen and oxygen atoms in total. The molecular weight excluding hydrogens is 311 g/mol. The summed E-state index contributed by atoms with van der Waals surface area (Å²) in [6.07, 6.45) is 2.55. The highest BCUT2D eigenvalue weighted by molar-refractivity contribution is 6.35. The monoisotopic (exact) mass is 326 g/mol. The quantitative estimate of drug-likeness (QED) is 0.940. The molecule has 3 rings (SSSR count). The van der Waals surface area contributed by atoms with E-state index < -0.39 is 0 Å². The molecule has 2 atom stereocenters. The maximum Gasteiger partial charge on any atom is 0.149 e. The Morgan fingerprint density at radius 1 is 1.43 bits per heavy atom. The van der Waals surface area contributed by atoms with Crippen LogP contribution in [0.15, 0.2) is 18.5 Å². The zero-order valence-electron chi connectivity index (χ0n) is 11.8. The highest BCUT2D eigenvalue weighted by atomic mass is 35.5. The normalized spacial score (nSPS) is 19.0. The van der Waals surface area contributed by atoms with Crippen LogP contribution in [0.1, 0.15) is 36.8 Å². The van der Waals surface area contributed by atoms with Crippen molar-refractivity contribution >= 4 is 23.2 Å². The molecule has 1 aromatic carbocycles. The first-order chi connectivity index (χ1) is 10.1. The molecule has 0 spiro atoms. The maximum atomic E-state index is 6.21. The lowest BCUT2D eigenvalue weighted by Gasteiger charge is -2.29. The van der Waals surface area contributed by atoms with Crippen LogP contribution in [0, 0.1) is 0 Å². The minimum atomic E-state index is 0.0613. The van der Waals surface area contributed by atoms with Crippen molar-refractivity contribution in [3.05, 3.63) is 39.9 Å². The van der Waals surface area contributed by atoms with E-state index in [1.807, 2.05) is 17.7 Å². The zero-order valence-corrected chi connectivity index (χ0v) is 13.3. The number of benzene rings is 1. The molecule has 0 fully saturated rings. The largest absolute Gasteiger partial charge is 0.492 e. The Balaban J connectivity index is 1.87. The van der Waals surface area contributed by atoms with E-state index in [0.29, 0.717) is 16.7 Å². The summed E-state index contributed by atoms with van der Waals surface area (Å²) in [6.45, 7) is 2.68. The molecule has 0 saturated carbocycles. The van der Waals surface area contributed by atoms with E-state index in [4.69, 9.17) is 27.9 Å². The van der Waals surface area contributed by atoms with Crippen LogP contribution < -0.4 is 10.1 Å². The van der Waals surface area contributed by atoms with E-state index in [0.717, 1.165) is 23.6 Å². The minimum Gasteiger partial charge on any atom is -0.492 e. The van der Waals surface area contributed by atoms with Gasteiger partial charge in [0.1, 0.15) is 17.9 Å². The van der Waals surface area contributed by atoms with Crippen molar-refractivity contribution < 1.29 is 4.74 Å². The van der Waals surface area contributed by atoms with E-state index in [9.17, 15) is 0 Å². The fourth-order valence-corrected chi connectivity index (χ4v) is 3.22. The fraction of sp³-hybridized carbons (Fsp3) is 0.429. The van der Waals surface area contributed by atoms with Gasteiger partial charge in [-0.15, -0.1) is 10.2 Å². The van der Waals surface area contributed by atoms with Gasteiger partial charge in [-0.1, -0.05) is 23.2 Å². The van der Waals surface area contributed by atoms with Gasteiger partial charge >= 0.3 is 0 Å². The smallest absolute Gasteiger partial charge is 0.149 e. The minimum absolute atomic E-state index is 0.0613. The van der Waals surface area contributed by atoms with E-state index in [2.05, 4.69) is 22.4 Å². The number of nitrogens with zero attached hydrogens (tertiary/aromatic N) is 3. The van der Waals surface area contributed by atoms with Crippen LogP contribution >= 0.6 is 23.2 Å². The highest BCUT2D eigenvalue weighted by Gasteiger charge is 2.26. The molecule has 21 heavy (non-hydrogen) atoms. The zero-order chi connectivity index (χ0) is 15.0. The number of fused-ring (bicyclic) bond motifs is 1. The Morgan fingerprint density at radius 3 is 2.95 bits per heavy atom. The molecule has 112 valence electrons. The van der Waals surface area contributed by atoms with Crippen molar-refractivity contribution in [3.63, 3.8) is 0 Å². The van der Waals surface area contributed by atoms with Gasteiger partial charge in [-0.05, 0) is 19.1 Å². The molecule has 0 radical (unpaired) electrons. The number of hydrogen-bond donors (Lipinski definition) is 1. The Labute approximate surface area is 133 Å². The second-order valence-electron chi connectivity index (χ2n) is 5.18. The average molecular weight is 327 g/mol. The molecule has 0 amide bonds. The van der Waals surface area contributed by atoms with Gasteiger partial charge in [0.15, 0.2) is 0 Å². The van der Waals surface area contributed by atoms with Gasteiger partial charge in [-0.25, -0.2) is 0 Å². The number of hydrogen-bond acceptors (Lipinski definition) is 4. The van der Waals surface area contributed by atoms with E-state index >= 15 is 0 Å². The van der Waals surface area contributed by atoms with Crippen molar-refractivity contribution in [1.82, 2.24) is 20.1 Å². The number of halogens is 2. The van der Waals surface area contributed by atoms with Crippen LogP contribution in [0.3, 0.4) is 0 Å². The molecule has 1 N–H and O–H groups in total. The predicted molar refractivity (Wildman–Crippen MR) is 81.9 cm³/mol. The van der Waals surface area contributed by atoms with Crippen molar-refractivity contribution in [2.45, 2.75) is 25.4 Å². The molecule has 0 aliphatic carbocycles. The van der Waals surface area contributed by atoms with Crippen molar-refractivity contribution in [2.24, 2.45) is 7.05 Å². The number of aryl methyl sites for hydroxylation is 1. The van der Waals surface area contributed by atoms with Gasteiger partial charge in [0.05, 0.1) is 17.7 Å². The van der Waals surface area contributed by atoms with E-state index in [-0.39, 0.29) is 12.1 Å². The molecule has 1 aliphatic rings. The van der Waals surface area contributed by atoms with Gasteiger partial charge in [0.2, 0.25) is 0 Å². The molecule has 0 bridgehead atoms. The molecule has 1 aromatic heterocycles. The lowest BCUT2D eigenvalue weighted by molar-refractivity contribution is 0.244. The number of nitrogens with one attached hydrogen (secondary N) is 1. The van der Waals surface area contributed by atoms with Gasteiger partial charge in [-0.2, -0.15) is 0 Å². The SMILES string of the molecule is CC(NC1CCOc2c(Cl)cc(Cl)cc21)c1nncn1C. The molecule has 2 aromatic rings. The fourth-order valence-electron chi connectivity index (χ4n) is 2.66. The average Bonchev–Trinajstić information content (AvgIpc) is 2.86. The summed E-state index contributed by atoms with van der Waals surface area (Å²) in [6, 6.07) is 3.79. The van der Waals surface area contributed by atoms with Gasteiger partial charge in [0.25, 0.3) is 0 Å². The number of aromatic nitrogens is 3. The third kappa shape index (κ3) is 2.86. The summed E-state index contributed by atoms with van der Waals surface area (Å²) in [4.78, 5) is 0. The lowest BCUT2D eigenvalue weighted by atomic mass is 9.99. The third-order valence-electron chi connectivity index (χ3n) is 3.65. The summed E-state index contributed by atoms with van der Waals surface area (Å²) < 4.78 is 7.58. The van der Waals surface area contributed by atoms with Gasteiger partial charge in [-0.3, -0.25) is 0 Å². The third-order valence-corrected chi connectivity index (χ3v) is 4.15. The van der Waals surface area contributed by atoms with Crippen molar-refractivity contribution in [3.8, 4) is 5.75 Å². The second-order valence-corrected chi connectivity index (χ2v) is 6.03. The van der Waals surface area contributed by atoms with Crippen LogP contribution in [0.4, 0.5) is 0 Å². The lowest BCUT2D eigenvalue weighted by Crippen LogP contribution is -2.30. The molecule has 2 heterocycles. The summed E-state index contributed by atoms with van der Waals surface area (Å²) in [7, 11) is 1.93. The van der Waals surface area contributed by atoms with Crippen LogP contribution in [0.5, 0.6) is 5.75 Å². The van der Waals surface area contributed by atoms with Crippen LogP contribution in [0.25, 0.3) is 0 Å². The molecule has 2 unspecified atom stereocenters.